The maximum atomic E-state index is 9.78. The van der Waals surface area contributed by atoms with Crippen LogP contribution in [-0.4, -0.2) is 72.9 Å². The van der Waals surface area contributed by atoms with Gasteiger partial charge in [0.2, 0.25) is 27.2 Å². The second-order valence-electron chi connectivity index (χ2n) is 25.6. The molecule has 4 aliphatic heterocycles. The first kappa shape index (κ1) is 64.7. The zero-order valence-electron chi connectivity index (χ0n) is 55.2. The van der Waals surface area contributed by atoms with Crippen LogP contribution in [-0.2, 0) is 0 Å². The van der Waals surface area contributed by atoms with Crippen molar-refractivity contribution in [3.8, 4) is 90.5 Å². The fraction of sp³-hybridized carbons (Fsp3) is 0.350. The highest BCUT2D eigenvalue weighted by atomic mass is 16.7. The summed E-state index contributed by atoms with van der Waals surface area (Å²) < 4.78 is 58.5. The number of rotatable bonds is 24. The van der Waals surface area contributed by atoms with Gasteiger partial charge in [0, 0.05) is 68.2 Å². The summed E-state index contributed by atoms with van der Waals surface area (Å²) in [5, 5.41) is 52.7. The van der Waals surface area contributed by atoms with Gasteiger partial charge in [-0.25, -0.2) is 0 Å². The number of benzene rings is 8. The van der Waals surface area contributed by atoms with Crippen LogP contribution in [0.1, 0.15) is 221 Å². The Morgan fingerprint density at radius 2 is 0.458 bits per heavy atom. The number of unbranched alkanes of at least 4 members (excludes halogenated alkanes) is 8. The van der Waals surface area contributed by atoms with Gasteiger partial charge < -0.3 is 58.7 Å². The molecule has 0 unspecified atom stereocenters. The minimum Gasteiger partial charge on any atom is -0.456 e. The second-order valence-corrected chi connectivity index (χ2v) is 25.6. The normalized spacial score (nSPS) is 17.3. The molecule has 4 N–H and O–H groups in total. The maximum Gasteiger partial charge on any atom is 0.230 e. The van der Waals surface area contributed by atoms with E-state index in [1.807, 2.05) is 97.1 Å². The third-order valence-corrected chi connectivity index (χ3v) is 19.8. The highest BCUT2D eigenvalue weighted by Gasteiger charge is 2.42. The molecule has 96 heavy (non-hydrogen) atoms. The summed E-state index contributed by atoms with van der Waals surface area (Å²) in [4.78, 5) is 0. The Labute approximate surface area is 561 Å². The van der Waals surface area contributed by atoms with Gasteiger partial charge in [-0.2, -0.15) is 0 Å². The predicted molar refractivity (Wildman–Crippen MR) is 373 cm³/mol. The van der Waals surface area contributed by atoms with Gasteiger partial charge in [-0.3, -0.25) is 0 Å². The average Bonchev–Trinajstić information content (AvgIpc) is 0.720. The summed E-state index contributed by atoms with van der Waals surface area (Å²) in [5.74, 6) is 3.79. The van der Waals surface area contributed by atoms with Crippen molar-refractivity contribution >= 4 is 24.9 Å². The summed E-state index contributed by atoms with van der Waals surface area (Å²) in [5.41, 5.74) is 17.3. The number of hydrogen-bond acceptors (Lipinski definition) is 16. The molecule has 16 nitrogen and oxygen atoms in total. The molecule has 8 aromatic carbocycles. The topological polar surface area (TPSA) is 204 Å². The Bertz CT molecular complexity index is 3540. The average molecular weight is 1290 g/mol. The summed E-state index contributed by atoms with van der Waals surface area (Å²) in [6, 6.07) is 41.5. The molecular weight excluding hydrogens is 1210 g/mol. The van der Waals surface area contributed by atoms with Crippen LogP contribution in [0.4, 0.5) is 0 Å². The standard InChI is InChI=1S/C80H84N4O12/c1-5-9-13-17-57-61-37-63-58(18-14-10-6-2)65-39-67-60(20-16-12-8-4)68-40-66-59(19-15-11-7-3)64-38-62(57)74-70(54-31-23-50(24-32-54)42-82-86)76(64)92-47-94-78(66)72(56-35-27-52(28-36-56)44-84-88)80(68)96-48-95-79(67)71(55-33-25-51(26-34-55)43-83-87)77(65)93-46-91-75(63)69(73(61)89-45-90-74)53-29-21-49(22-30-53)41-81-85/h21-44,57-60,85-88H,5-20,45-48H2,1-4H3. The predicted octanol–water partition coefficient (Wildman–Crippen LogP) is 19.7. The van der Waals surface area contributed by atoms with E-state index in [2.05, 4.69) is 72.6 Å². The molecule has 8 bridgehead atoms. The Kier molecular flexibility index (Phi) is 20.1. The highest BCUT2D eigenvalue weighted by molar-refractivity contribution is 5.91. The van der Waals surface area contributed by atoms with E-state index < -0.39 is 0 Å². The van der Waals surface area contributed by atoms with Gasteiger partial charge in [-0.1, -0.05) is 222 Å². The molecule has 0 spiro atoms. The largest absolute Gasteiger partial charge is 0.456 e. The van der Waals surface area contributed by atoms with Crippen LogP contribution >= 0.6 is 0 Å². The van der Waals surface area contributed by atoms with E-state index in [1.54, 1.807) is 0 Å². The first-order valence-electron chi connectivity index (χ1n) is 34.3. The molecule has 5 aliphatic rings. The number of oxime groups is 4. The fourth-order valence-corrected chi connectivity index (χ4v) is 15.2. The van der Waals surface area contributed by atoms with Crippen LogP contribution in [0, 0.1) is 0 Å². The van der Waals surface area contributed by atoms with Gasteiger partial charge in [-0.15, -0.1) is 0 Å². The molecule has 4 heterocycles. The Morgan fingerprint density at radius 1 is 0.281 bits per heavy atom. The summed E-state index contributed by atoms with van der Waals surface area (Å²) >= 11 is 0. The zero-order valence-corrected chi connectivity index (χ0v) is 55.2. The van der Waals surface area contributed by atoms with Crippen molar-refractivity contribution < 1.29 is 58.7 Å². The smallest absolute Gasteiger partial charge is 0.230 e. The molecular formula is C80H84N4O12. The van der Waals surface area contributed by atoms with Gasteiger partial charge in [0.15, 0.2) is 0 Å². The minimum absolute atomic E-state index is 0.182. The molecule has 0 saturated carbocycles. The van der Waals surface area contributed by atoms with Crippen molar-refractivity contribution in [2.45, 2.75) is 154 Å². The third-order valence-electron chi connectivity index (χ3n) is 19.8. The van der Waals surface area contributed by atoms with Gasteiger partial charge in [-0.05, 0) is 94.5 Å². The Morgan fingerprint density at radius 3 is 0.615 bits per heavy atom. The van der Waals surface area contributed by atoms with E-state index in [4.69, 9.17) is 37.9 Å². The first-order chi connectivity index (χ1) is 47.3. The molecule has 0 radical (unpaired) electrons. The van der Waals surface area contributed by atoms with E-state index in [9.17, 15) is 20.8 Å². The van der Waals surface area contributed by atoms with Gasteiger partial charge >= 0.3 is 0 Å². The lowest BCUT2D eigenvalue weighted by molar-refractivity contribution is 0.101. The van der Waals surface area contributed by atoms with Crippen LogP contribution in [0.25, 0.3) is 44.5 Å². The van der Waals surface area contributed by atoms with E-state index in [0.29, 0.717) is 68.2 Å². The van der Waals surface area contributed by atoms with Crippen molar-refractivity contribution in [3.63, 3.8) is 0 Å². The maximum absolute atomic E-state index is 9.78. The van der Waals surface area contributed by atoms with Crippen molar-refractivity contribution in [2.24, 2.45) is 20.6 Å². The Balaban J connectivity index is 1.25. The van der Waals surface area contributed by atoms with E-state index in [-0.39, 0.29) is 50.8 Å². The van der Waals surface area contributed by atoms with Crippen LogP contribution in [0.3, 0.4) is 0 Å². The first-order valence-corrected chi connectivity index (χ1v) is 34.3. The third kappa shape index (κ3) is 12.6. The lowest BCUT2D eigenvalue weighted by Gasteiger charge is -2.38. The quantitative estimate of drug-likeness (QED) is 0.0193. The lowest BCUT2D eigenvalue weighted by atomic mass is 9.73. The van der Waals surface area contributed by atoms with Crippen molar-refractivity contribution in [2.75, 3.05) is 27.2 Å². The van der Waals surface area contributed by atoms with Crippen molar-refractivity contribution in [3.05, 3.63) is 188 Å². The monoisotopic (exact) mass is 1290 g/mol. The van der Waals surface area contributed by atoms with E-state index in [0.717, 1.165) is 192 Å². The molecule has 8 aromatic rings. The van der Waals surface area contributed by atoms with E-state index in [1.165, 1.54) is 24.9 Å². The van der Waals surface area contributed by atoms with Crippen LogP contribution in [0.15, 0.2) is 142 Å². The fourth-order valence-electron chi connectivity index (χ4n) is 15.2. The summed E-state index contributed by atoms with van der Waals surface area (Å²) in [7, 11) is 0. The second kappa shape index (κ2) is 29.8. The number of ether oxygens (including phenoxy) is 8. The molecule has 16 heteroatoms. The molecule has 496 valence electrons. The molecule has 1 aliphatic carbocycles. The van der Waals surface area contributed by atoms with Gasteiger partial charge in [0.05, 0.1) is 47.1 Å². The van der Waals surface area contributed by atoms with Gasteiger partial charge in [0.1, 0.15) is 46.0 Å². The minimum atomic E-state index is -0.335. The molecule has 0 atom stereocenters. The molecule has 0 amide bonds. The summed E-state index contributed by atoms with van der Waals surface area (Å²) in [6.45, 7) is 8.24. The molecule has 0 aromatic heterocycles. The van der Waals surface area contributed by atoms with Crippen LogP contribution in [0.2, 0.25) is 0 Å². The van der Waals surface area contributed by atoms with E-state index >= 15 is 0 Å². The number of hydrogen-bond donors (Lipinski definition) is 4. The van der Waals surface area contributed by atoms with Crippen LogP contribution < -0.4 is 37.9 Å². The zero-order chi connectivity index (χ0) is 66.1. The summed E-state index contributed by atoms with van der Waals surface area (Å²) in [6.07, 6.45) is 20.1. The lowest BCUT2D eigenvalue weighted by Crippen LogP contribution is -2.24. The van der Waals surface area contributed by atoms with Crippen LogP contribution in [0.5, 0.6) is 46.0 Å². The van der Waals surface area contributed by atoms with Crippen molar-refractivity contribution in [1.82, 2.24) is 0 Å². The SMILES string of the molecule is CCCCCC1c2cc3c4c(-c5ccc(C=NO)cc5)c2OCOc2c1cc1c(c2-c2ccc(C=NO)cc2)OCOc2c(cc5c(c2-c2ccc(C=NO)cc2)OCOc2c(cc(c(c2-c2ccc(C=NO)cc2)OCO4)C3CCCCC)C5CCCCC)C1CCCCC. The molecule has 13 rings (SSSR count). The Hall–Kier alpha value is -9.96. The number of nitrogens with zero attached hydrogens (tertiary/aromatic N) is 4. The van der Waals surface area contributed by atoms with Crippen molar-refractivity contribution in [1.29, 1.82) is 0 Å². The molecule has 0 fully saturated rings. The molecule has 0 saturated heterocycles. The highest BCUT2D eigenvalue weighted by Crippen LogP contribution is 2.62. The van der Waals surface area contributed by atoms with Gasteiger partial charge in [0.25, 0.3) is 0 Å².